The Bertz CT molecular complexity index is 320. The highest BCUT2D eigenvalue weighted by Gasteiger charge is 2.05. The second-order valence-electron chi connectivity index (χ2n) is 3.91. The van der Waals surface area contributed by atoms with Crippen LogP contribution in [0.2, 0.25) is 0 Å². The summed E-state index contributed by atoms with van der Waals surface area (Å²) >= 11 is 1.81. The molecule has 0 bridgehead atoms. The number of hydrogen-bond acceptors (Lipinski definition) is 5. The standard InChI is InChI=1S/C11H19N3OS/c1-8(2)15-11-5-10(12-7-13-11)14-9(3)6-16-4/h5,7-9H,6H2,1-4H3,(H,12,13,14). The summed E-state index contributed by atoms with van der Waals surface area (Å²) in [7, 11) is 0. The smallest absolute Gasteiger partial charge is 0.218 e. The second kappa shape index (κ2) is 6.58. The van der Waals surface area contributed by atoms with Gasteiger partial charge in [-0.15, -0.1) is 0 Å². The maximum Gasteiger partial charge on any atom is 0.218 e. The molecule has 0 aliphatic heterocycles. The van der Waals surface area contributed by atoms with Crippen LogP contribution in [-0.2, 0) is 0 Å². The van der Waals surface area contributed by atoms with E-state index in [1.807, 2.05) is 19.9 Å². The van der Waals surface area contributed by atoms with Gasteiger partial charge >= 0.3 is 0 Å². The van der Waals surface area contributed by atoms with Crippen molar-refractivity contribution in [2.24, 2.45) is 0 Å². The highest BCUT2D eigenvalue weighted by atomic mass is 32.2. The molecular formula is C11H19N3OS. The van der Waals surface area contributed by atoms with Gasteiger partial charge in [0.1, 0.15) is 12.1 Å². The molecule has 0 amide bonds. The van der Waals surface area contributed by atoms with E-state index in [1.54, 1.807) is 11.8 Å². The van der Waals surface area contributed by atoms with Crippen LogP contribution in [0, 0.1) is 0 Å². The summed E-state index contributed by atoms with van der Waals surface area (Å²) in [6.07, 6.45) is 3.74. The first kappa shape index (κ1) is 13.1. The third-order valence-electron chi connectivity index (χ3n) is 1.81. The van der Waals surface area contributed by atoms with Gasteiger partial charge in [0, 0.05) is 17.9 Å². The van der Waals surface area contributed by atoms with Crippen molar-refractivity contribution in [3.05, 3.63) is 12.4 Å². The summed E-state index contributed by atoms with van der Waals surface area (Å²) < 4.78 is 5.50. The molecule has 0 radical (unpaired) electrons. The number of nitrogens with one attached hydrogen (secondary N) is 1. The van der Waals surface area contributed by atoms with Crippen molar-refractivity contribution in [2.45, 2.75) is 32.9 Å². The summed E-state index contributed by atoms with van der Waals surface area (Å²) in [5, 5.41) is 3.30. The Balaban J connectivity index is 2.59. The zero-order valence-corrected chi connectivity index (χ0v) is 11.0. The minimum Gasteiger partial charge on any atom is -0.475 e. The summed E-state index contributed by atoms with van der Waals surface area (Å²) in [5.74, 6) is 2.47. The van der Waals surface area contributed by atoms with Crippen molar-refractivity contribution in [2.75, 3.05) is 17.3 Å². The van der Waals surface area contributed by atoms with Crippen molar-refractivity contribution < 1.29 is 4.74 Å². The molecule has 0 fully saturated rings. The Hall–Kier alpha value is -0.970. The number of ether oxygens (including phenoxy) is 1. The number of hydrogen-bond donors (Lipinski definition) is 1. The number of thioether (sulfide) groups is 1. The van der Waals surface area contributed by atoms with E-state index in [9.17, 15) is 0 Å². The lowest BCUT2D eigenvalue weighted by Crippen LogP contribution is -2.18. The maximum absolute atomic E-state index is 5.50. The molecule has 5 heteroatoms. The van der Waals surface area contributed by atoms with Gasteiger partial charge < -0.3 is 10.1 Å². The van der Waals surface area contributed by atoms with Crippen LogP contribution in [0.1, 0.15) is 20.8 Å². The van der Waals surface area contributed by atoms with Crippen LogP contribution in [0.15, 0.2) is 12.4 Å². The number of anilines is 1. The first-order valence-electron chi connectivity index (χ1n) is 5.36. The quantitative estimate of drug-likeness (QED) is 0.829. The van der Waals surface area contributed by atoms with E-state index in [0.29, 0.717) is 11.9 Å². The van der Waals surface area contributed by atoms with Crippen LogP contribution >= 0.6 is 11.8 Å². The molecule has 0 saturated carbocycles. The Morgan fingerprint density at radius 2 is 2.12 bits per heavy atom. The van der Waals surface area contributed by atoms with E-state index < -0.39 is 0 Å². The second-order valence-corrected chi connectivity index (χ2v) is 4.82. The monoisotopic (exact) mass is 241 g/mol. The van der Waals surface area contributed by atoms with Gasteiger partial charge in [-0.2, -0.15) is 11.8 Å². The minimum atomic E-state index is 0.131. The van der Waals surface area contributed by atoms with Gasteiger partial charge in [0.15, 0.2) is 0 Å². The molecule has 0 saturated heterocycles. The van der Waals surface area contributed by atoms with E-state index in [-0.39, 0.29) is 6.10 Å². The first-order valence-corrected chi connectivity index (χ1v) is 6.75. The Morgan fingerprint density at radius 3 is 2.75 bits per heavy atom. The molecule has 90 valence electrons. The maximum atomic E-state index is 5.50. The molecule has 1 aromatic rings. The molecular weight excluding hydrogens is 222 g/mol. The molecule has 0 aliphatic carbocycles. The average Bonchev–Trinajstić information content (AvgIpc) is 2.17. The summed E-state index contributed by atoms with van der Waals surface area (Å²) in [6, 6.07) is 2.22. The molecule has 1 unspecified atom stereocenters. The van der Waals surface area contributed by atoms with Gasteiger partial charge in [-0.3, -0.25) is 0 Å². The van der Waals surface area contributed by atoms with E-state index >= 15 is 0 Å². The van der Waals surface area contributed by atoms with Crippen molar-refractivity contribution in [1.29, 1.82) is 0 Å². The normalized spacial score (nSPS) is 12.6. The Kier molecular flexibility index (Phi) is 5.38. The van der Waals surface area contributed by atoms with Crippen LogP contribution < -0.4 is 10.1 Å². The Morgan fingerprint density at radius 1 is 1.38 bits per heavy atom. The van der Waals surface area contributed by atoms with E-state index in [1.165, 1.54) is 6.33 Å². The van der Waals surface area contributed by atoms with Crippen molar-refractivity contribution in [3.8, 4) is 5.88 Å². The lowest BCUT2D eigenvalue weighted by atomic mass is 10.4. The van der Waals surface area contributed by atoms with E-state index in [4.69, 9.17) is 4.74 Å². The van der Waals surface area contributed by atoms with E-state index in [2.05, 4.69) is 28.5 Å². The zero-order valence-electron chi connectivity index (χ0n) is 10.2. The lowest BCUT2D eigenvalue weighted by Gasteiger charge is -2.14. The van der Waals surface area contributed by atoms with Gasteiger partial charge in [-0.25, -0.2) is 9.97 Å². The van der Waals surface area contributed by atoms with Crippen LogP contribution in [0.3, 0.4) is 0 Å². The fourth-order valence-corrected chi connectivity index (χ4v) is 1.85. The summed E-state index contributed by atoms with van der Waals surface area (Å²) in [4.78, 5) is 8.21. The lowest BCUT2D eigenvalue weighted by molar-refractivity contribution is 0.232. The van der Waals surface area contributed by atoms with Crippen LogP contribution in [0.25, 0.3) is 0 Å². The van der Waals surface area contributed by atoms with Crippen LogP contribution in [0.5, 0.6) is 5.88 Å². The molecule has 0 aliphatic rings. The summed E-state index contributed by atoms with van der Waals surface area (Å²) in [6.45, 7) is 6.08. The number of aromatic nitrogens is 2. The molecule has 16 heavy (non-hydrogen) atoms. The molecule has 0 spiro atoms. The predicted octanol–water partition coefficient (Wildman–Crippen LogP) is 2.43. The highest BCUT2D eigenvalue weighted by Crippen LogP contribution is 2.14. The van der Waals surface area contributed by atoms with Gasteiger partial charge in [0.2, 0.25) is 5.88 Å². The topological polar surface area (TPSA) is 47.0 Å². The Labute approximate surface area is 101 Å². The third-order valence-corrected chi connectivity index (χ3v) is 2.64. The minimum absolute atomic E-state index is 0.131. The molecule has 1 aromatic heterocycles. The average molecular weight is 241 g/mol. The largest absolute Gasteiger partial charge is 0.475 e. The van der Waals surface area contributed by atoms with Gasteiger partial charge in [-0.05, 0) is 27.0 Å². The predicted molar refractivity (Wildman–Crippen MR) is 69.3 cm³/mol. The van der Waals surface area contributed by atoms with Crippen LogP contribution in [-0.4, -0.2) is 34.1 Å². The first-order chi connectivity index (χ1) is 7.61. The molecule has 1 rings (SSSR count). The molecule has 0 aromatic carbocycles. The van der Waals surface area contributed by atoms with Crippen molar-refractivity contribution in [3.63, 3.8) is 0 Å². The fourth-order valence-electron chi connectivity index (χ4n) is 1.27. The van der Waals surface area contributed by atoms with Crippen LogP contribution in [0.4, 0.5) is 5.82 Å². The summed E-state index contributed by atoms with van der Waals surface area (Å²) in [5.41, 5.74) is 0. The van der Waals surface area contributed by atoms with Crippen molar-refractivity contribution in [1.82, 2.24) is 9.97 Å². The zero-order chi connectivity index (χ0) is 12.0. The van der Waals surface area contributed by atoms with Gasteiger partial charge in [0.05, 0.1) is 6.10 Å². The fraction of sp³-hybridized carbons (Fsp3) is 0.636. The van der Waals surface area contributed by atoms with Gasteiger partial charge in [0.25, 0.3) is 0 Å². The van der Waals surface area contributed by atoms with E-state index in [0.717, 1.165) is 11.6 Å². The SMILES string of the molecule is CSCC(C)Nc1cc(OC(C)C)ncn1. The number of nitrogens with zero attached hydrogens (tertiary/aromatic N) is 2. The molecule has 1 heterocycles. The molecule has 1 N–H and O–H groups in total. The van der Waals surface area contributed by atoms with Gasteiger partial charge in [-0.1, -0.05) is 0 Å². The third kappa shape index (κ3) is 4.70. The molecule has 1 atom stereocenters. The van der Waals surface area contributed by atoms with Crippen molar-refractivity contribution >= 4 is 17.6 Å². The number of rotatable bonds is 6. The highest BCUT2D eigenvalue weighted by molar-refractivity contribution is 7.98. The molecule has 4 nitrogen and oxygen atoms in total.